The summed E-state index contributed by atoms with van der Waals surface area (Å²) in [7, 11) is 1.60. The second kappa shape index (κ2) is 6.72. The van der Waals surface area contributed by atoms with Gasteiger partial charge in [-0.1, -0.05) is 29.3 Å². The standard InChI is InChI=1S/C13H12BrCl2N3O/c1-20-6-10-12(14)13(17)19-11(18-10)5-7-2-3-8(15)9(16)4-7/h2-4H,5-6H2,1H3,(H2,17,18,19). The monoisotopic (exact) mass is 375 g/mol. The van der Waals surface area contributed by atoms with Crippen molar-refractivity contribution in [2.45, 2.75) is 13.0 Å². The highest BCUT2D eigenvalue weighted by molar-refractivity contribution is 9.10. The first kappa shape index (κ1) is 15.5. The van der Waals surface area contributed by atoms with Crippen LogP contribution in [0, 0.1) is 0 Å². The molecule has 1 aromatic heterocycles. The molecule has 20 heavy (non-hydrogen) atoms. The Balaban J connectivity index is 2.31. The molecule has 0 aliphatic heterocycles. The number of hydrogen-bond donors (Lipinski definition) is 1. The fourth-order valence-electron chi connectivity index (χ4n) is 1.71. The van der Waals surface area contributed by atoms with Crippen LogP contribution in [-0.2, 0) is 17.8 Å². The van der Waals surface area contributed by atoms with E-state index in [1.165, 1.54) is 0 Å². The number of aromatic nitrogens is 2. The summed E-state index contributed by atoms with van der Waals surface area (Å²) in [5.74, 6) is 0.998. The van der Waals surface area contributed by atoms with Crippen molar-refractivity contribution in [1.82, 2.24) is 9.97 Å². The van der Waals surface area contributed by atoms with Crippen LogP contribution in [0.25, 0.3) is 0 Å². The number of methoxy groups -OCH3 is 1. The van der Waals surface area contributed by atoms with Gasteiger partial charge in [0.2, 0.25) is 0 Å². The number of halogens is 3. The van der Waals surface area contributed by atoms with E-state index in [1.807, 2.05) is 6.07 Å². The molecule has 0 bridgehead atoms. The highest BCUT2D eigenvalue weighted by atomic mass is 79.9. The molecule has 4 nitrogen and oxygen atoms in total. The lowest BCUT2D eigenvalue weighted by Gasteiger charge is -2.09. The summed E-state index contributed by atoms with van der Waals surface area (Å²) in [6, 6.07) is 5.42. The van der Waals surface area contributed by atoms with E-state index in [-0.39, 0.29) is 0 Å². The Morgan fingerprint density at radius 2 is 2.00 bits per heavy atom. The van der Waals surface area contributed by atoms with Gasteiger partial charge in [0.25, 0.3) is 0 Å². The summed E-state index contributed by atoms with van der Waals surface area (Å²) in [6.07, 6.45) is 0.519. The SMILES string of the molecule is COCc1nc(Cc2ccc(Cl)c(Cl)c2)nc(N)c1Br. The molecule has 2 N–H and O–H groups in total. The van der Waals surface area contributed by atoms with Crippen LogP contribution in [0.5, 0.6) is 0 Å². The lowest BCUT2D eigenvalue weighted by Crippen LogP contribution is -2.07. The topological polar surface area (TPSA) is 61.0 Å². The van der Waals surface area contributed by atoms with Crippen LogP contribution in [0.3, 0.4) is 0 Å². The van der Waals surface area contributed by atoms with Gasteiger partial charge in [0.05, 0.1) is 26.8 Å². The quantitative estimate of drug-likeness (QED) is 0.879. The number of nitrogens with zero attached hydrogens (tertiary/aromatic N) is 2. The Morgan fingerprint density at radius 3 is 2.65 bits per heavy atom. The molecule has 0 saturated heterocycles. The van der Waals surface area contributed by atoms with Crippen LogP contribution < -0.4 is 5.73 Å². The van der Waals surface area contributed by atoms with Crippen LogP contribution in [0.1, 0.15) is 17.1 Å². The Morgan fingerprint density at radius 1 is 1.25 bits per heavy atom. The third kappa shape index (κ3) is 3.61. The first-order chi connectivity index (χ1) is 9.51. The molecular weight excluding hydrogens is 365 g/mol. The highest BCUT2D eigenvalue weighted by Gasteiger charge is 2.11. The van der Waals surface area contributed by atoms with Crippen molar-refractivity contribution in [1.29, 1.82) is 0 Å². The van der Waals surface area contributed by atoms with Gasteiger partial charge < -0.3 is 10.5 Å². The van der Waals surface area contributed by atoms with Gasteiger partial charge in [-0.3, -0.25) is 0 Å². The molecule has 0 fully saturated rings. The molecule has 0 unspecified atom stereocenters. The molecule has 2 aromatic rings. The van der Waals surface area contributed by atoms with Gasteiger partial charge in [-0.05, 0) is 33.6 Å². The molecule has 7 heteroatoms. The van der Waals surface area contributed by atoms with Crippen LogP contribution in [0.15, 0.2) is 22.7 Å². The normalized spacial score (nSPS) is 10.8. The van der Waals surface area contributed by atoms with Crippen molar-refractivity contribution in [2.24, 2.45) is 0 Å². The minimum Gasteiger partial charge on any atom is -0.383 e. The number of nitrogens with two attached hydrogens (primary N) is 1. The van der Waals surface area contributed by atoms with E-state index in [0.29, 0.717) is 39.2 Å². The van der Waals surface area contributed by atoms with Crippen molar-refractivity contribution >= 4 is 44.9 Å². The number of hydrogen-bond acceptors (Lipinski definition) is 4. The summed E-state index contributed by atoms with van der Waals surface area (Å²) < 4.78 is 5.75. The van der Waals surface area contributed by atoms with E-state index < -0.39 is 0 Å². The highest BCUT2D eigenvalue weighted by Crippen LogP contribution is 2.25. The molecule has 106 valence electrons. The van der Waals surface area contributed by atoms with Crippen LogP contribution in [-0.4, -0.2) is 17.1 Å². The Bertz CT molecular complexity index is 637. The zero-order valence-electron chi connectivity index (χ0n) is 10.7. The first-order valence-corrected chi connectivity index (χ1v) is 7.29. The van der Waals surface area contributed by atoms with E-state index >= 15 is 0 Å². The summed E-state index contributed by atoms with van der Waals surface area (Å²) in [4.78, 5) is 8.68. The fraction of sp³-hybridized carbons (Fsp3) is 0.231. The predicted molar refractivity (Wildman–Crippen MR) is 84.1 cm³/mol. The Labute approximate surface area is 135 Å². The Kier molecular flexibility index (Phi) is 5.21. The average Bonchev–Trinajstić information content (AvgIpc) is 2.40. The summed E-state index contributed by atoms with van der Waals surface area (Å²) in [5.41, 5.74) is 7.54. The third-order valence-corrected chi connectivity index (χ3v) is 4.22. The largest absolute Gasteiger partial charge is 0.383 e. The maximum absolute atomic E-state index is 5.99. The predicted octanol–water partition coefficient (Wildman–Crippen LogP) is 3.87. The second-order valence-corrected chi connectivity index (χ2v) is 5.75. The average molecular weight is 377 g/mol. The number of rotatable bonds is 4. The number of ether oxygens (including phenoxy) is 1. The van der Waals surface area contributed by atoms with E-state index in [0.717, 1.165) is 11.3 Å². The summed E-state index contributed by atoms with van der Waals surface area (Å²) in [5, 5.41) is 1.03. The number of anilines is 1. The molecule has 0 amide bonds. The fourth-order valence-corrected chi connectivity index (χ4v) is 2.32. The van der Waals surface area contributed by atoms with Crippen molar-refractivity contribution < 1.29 is 4.74 Å². The summed E-state index contributed by atoms with van der Waals surface area (Å²) in [6.45, 7) is 0.363. The minimum atomic E-state index is 0.363. The van der Waals surface area contributed by atoms with Gasteiger partial charge in [0.1, 0.15) is 11.6 Å². The van der Waals surface area contributed by atoms with E-state index in [4.69, 9.17) is 33.7 Å². The van der Waals surface area contributed by atoms with Gasteiger partial charge in [0, 0.05) is 13.5 Å². The zero-order chi connectivity index (χ0) is 14.7. The van der Waals surface area contributed by atoms with Gasteiger partial charge in [-0.25, -0.2) is 9.97 Å². The van der Waals surface area contributed by atoms with Crippen molar-refractivity contribution in [3.05, 3.63) is 49.8 Å². The van der Waals surface area contributed by atoms with Crippen LogP contribution >= 0.6 is 39.1 Å². The molecule has 1 aromatic carbocycles. The van der Waals surface area contributed by atoms with Crippen molar-refractivity contribution in [2.75, 3.05) is 12.8 Å². The maximum Gasteiger partial charge on any atom is 0.141 e. The lowest BCUT2D eigenvalue weighted by atomic mass is 10.1. The zero-order valence-corrected chi connectivity index (χ0v) is 13.8. The van der Waals surface area contributed by atoms with E-state index in [9.17, 15) is 0 Å². The third-order valence-electron chi connectivity index (χ3n) is 2.62. The van der Waals surface area contributed by atoms with E-state index in [1.54, 1.807) is 19.2 Å². The van der Waals surface area contributed by atoms with Gasteiger partial charge in [-0.2, -0.15) is 0 Å². The molecule has 0 aliphatic rings. The van der Waals surface area contributed by atoms with Crippen molar-refractivity contribution in [3.8, 4) is 0 Å². The van der Waals surface area contributed by atoms with Crippen LogP contribution in [0.4, 0.5) is 5.82 Å². The van der Waals surface area contributed by atoms with Gasteiger partial charge in [0.15, 0.2) is 0 Å². The second-order valence-electron chi connectivity index (χ2n) is 4.14. The first-order valence-electron chi connectivity index (χ1n) is 5.75. The smallest absolute Gasteiger partial charge is 0.141 e. The van der Waals surface area contributed by atoms with Crippen LogP contribution in [0.2, 0.25) is 10.0 Å². The van der Waals surface area contributed by atoms with E-state index in [2.05, 4.69) is 25.9 Å². The molecule has 0 atom stereocenters. The molecule has 0 saturated carbocycles. The number of nitrogen functional groups attached to an aromatic ring is 1. The minimum absolute atomic E-state index is 0.363. The molecule has 0 radical (unpaired) electrons. The Hall–Kier alpha value is -0.880. The van der Waals surface area contributed by atoms with Gasteiger partial charge >= 0.3 is 0 Å². The molecule has 1 heterocycles. The molecule has 0 aliphatic carbocycles. The molecule has 2 rings (SSSR count). The maximum atomic E-state index is 5.99. The number of benzene rings is 1. The van der Waals surface area contributed by atoms with Crippen molar-refractivity contribution in [3.63, 3.8) is 0 Å². The summed E-state index contributed by atoms with van der Waals surface area (Å²) >= 11 is 15.2. The lowest BCUT2D eigenvalue weighted by molar-refractivity contribution is 0.180. The van der Waals surface area contributed by atoms with Gasteiger partial charge in [-0.15, -0.1) is 0 Å². The molecular formula is C13H12BrCl2N3O. The molecule has 0 spiro atoms.